The molecule has 0 spiro atoms. The van der Waals surface area contributed by atoms with Gasteiger partial charge in [-0.2, -0.15) is 0 Å². The van der Waals surface area contributed by atoms with E-state index in [4.69, 9.17) is 0 Å². The summed E-state index contributed by atoms with van der Waals surface area (Å²) in [6, 6.07) is 6.77. The van der Waals surface area contributed by atoms with Crippen molar-refractivity contribution in [2.24, 2.45) is 0 Å². The molecule has 0 radical (unpaired) electrons. The molecule has 0 aromatic heterocycles. The minimum Gasteiger partial charge on any atom is -0.389 e. The molecule has 3 nitrogen and oxygen atoms in total. The Hall–Kier alpha value is -0.580. The number of nitrogens with zero attached hydrogens (tertiary/aromatic N) is 2. The van der Waals surface area contributed by atoms with Crippen molar-refractivity contribution < 1.29 is 5.11 Å². The van der Waals surface area contributed by atoms with E-state index in [1.165, 1.54) is 5.69 Å². The molecule has 1 aromatic rings. The molecule has 1 aliphatic heterocycles. The van der Waals surface area contributed by atoms with Crippen LogP contribution in [-0.4, -0.2) is 42.2 Å². The molecule has 0 unspecified atom stereocenters. The van der Waals surface area contributed by atoms with Crippen LogP contribution >= 0.6 is 15.9 Å². The predicted molar refractivity (Wildman–Crippen MR) is 83.7 cm³/mol. The fourth-order valence-corrected chi connectivity index (χ4v) is 3.17. The maximum atomic E-state index is 9.60. The van der Waals surface area contributed by atoms with Crippen LogP contribution in [0.3, 0.4) is 0 Å². The molecule has 1 saturated heterocycles. The lowest BCUT2D eigenvalue weighted by atomic mass is 10.1. The Morgan fingerprint density at radius 2 is 1.74 bits per heavy atom. The molecule has 1 atom stereocenters. The predicted octanol–water partition coefficient (Wildman–Crippen LogP) is 3.03. The first-order valence-corrected chi connectivity index (χ1v) is 7.75. The second kappa shape index (κ2) is 6.25. The molecule has 1 fully saturated rings. The Morgan fingerprint density at radius 3 is 2.21 bits per heavy atom. The molecule has 1 heterocycles. The van der Waals surface area contributed by atoms with Crippen molar-refractivity contribution in [3.05, 3.63) is 28.2 Å². The van der Waals surface area contributed by atoms with Crippen molar-refractivity contribution in [2.75, 3.05) is 31.1 Å². The molecule has 106 valence electrons. The van der Waals surface area contributed by atoms with E-state index < -0.39 is 6.10 Å². The van der Waals surface area contributed by atoms with Crippen LogP contribution in [0, 0.1) is 0 Å². The third-order valence-electron chi connectivity index (χ3n) is 3.84. The van der Waals surface area contributed by atoms with Crippen molar-refractivity contribution in [1.82, 2.24) is 4.90 Å². The van der Waals surface area contributed by atoms with Gasteiger partial charge in [-0.05, 0) is 54.4 Å². The van der Waals surface area contributed by atoms with E-state index in [0.29, 0.717) is 6.04 Å². The summed E-state index contributed by atoms with van der Waals surface area (Å²) in [6.07, 6.45) is -0.414. The quantitative estimate of drug-likeness (QED) is 0.924. The van der Waals surface area contributed by atoms with Crippen molar-refractivity contribution in [3.8, 4) is 0 Å². The van der Waals surface area contributed by atoms with E-state index in [2.05, 4.69) is 45.6 Å². The van der Waals surface area contributed by atoms with Gasteiger partial charge in [-0.3, -0.25) is 4.90 Å². The lowest BCUT2D eigenvalue weighted by Crippen LogP contribution is -2.49. The second-order valence-electron chi connectivity index (χ2n) is 5.50. The van der Waals surface area contributed by atoms with Crippen molar-refractivity contribution in [1.29, 1.82) is 0 Å². The Balaban J connectivity index is 2.07. The Morgan fingerprint density at radius 1 is 1.11 bits per heavy atom. The first-order valence-electron chi connectivity index (χ1n) is 6.95. The molecular formula is C15H23BrN2O. The van der Waals surface area contributed by atoms with Gasteiger partial charge in [-0.1, -0.05) is 6.07 Å². The van der Waals surface area contributed by atoms with Crippen LogP contribution in [0.2, 0.25) is 0 Å². The van der Waals surface area contributed by atoms with E-state index in [1.54, 1.807) is 6.92 Å². The molecule has 1 aromatic carbocycles. The highest BCUT2D eigenvalue weighted by Crippen LogP contribution is 2.30. The van der Waals surface area contributed by atoms with Crippen LogP contribution in [0.1, 0.15) is 32.4 Å². The van der Waals surface area contributed by atoms with Crippen LogP contribution in [0.15, 0.2) is 22.7 Å². The number of hydrogen-bond acceptors (Lipinski definition) is 3. The topological polar surface area (TPSA) is 26.7 Å². The molecule has 19 heavy (non-hydrogen) atoms. The zero-order chi connectivity index (χ0) is 14.0. The third-order valence-corrected chi connectivity index (χ3v) is 4.47. The largest absolute Gasteiger partial charge is 0.389 e. The number of rotatable bonds is 3. The summed E-state index contributed by atoms with van der Waals surface area (Å²) in [7, 11) is 0. The highest BCUT2D eigenvalue weighted by Gasteiger charge is 2.20. The molecule has 1 N–H and O–H groups in total. The number of anilines is 1. The molecule has 4 heteroatoms. The van der Waals surface area contributed by atoms with Crippen molar-refractivity contribution >= 4 is 21.6 Å². The zero-order valence-electron chi connectivity index (χ0n) is 11.9. The molecule has 0 aliphatic carbocycles. The van der Waals surface area contributed by atoms with Gasteiger partial charge in [0.2, 0.25) is 0 Å². The Labute approximate surface area is 124 Å². The van der Waals surface area contributed by atoms with Crippen molar-refractivity contribution in [3.63, 3.8) is 0 Å². The van der Waals surface area contributed by atoms with Crippen LogP contribution in [0.4, 0.5) is 5.69 Å². The van der Waals surface area contributed by atoms with Gasteiger partial charge >= 0.3 is 0 Å². The highest BCUT2D eigenvalue weighted by atomic mass is 79.9. The molecule has 0 amide bonds. The fourth-order valence-electron chi connectivity index (χ4n) is 2.52. The van der Waals surface area contributed by atoms with Gasteiger partial charge < -0.3 is 10.0 Å². The van der Waals surface area contributed by atoms with Crippen LogP contribution < -0.4 is 4.90 Å². The maximum Gasteiger partial charge on any atom is 0.0762 e. The van der Waals surface area contributed by atoms with E-state index in [1.807, 2.05) is 12.1 Å². The fraction of sp³-hybridized carbons (Fsp3) is 0.600. The summed E-state index contributed by atoms with van der Waals surface area (Å²) < 4.78 is 1.07. The Kier molecular flexibility index (Phi) is 4.87. The molecule has 0 bridgehead atoms. The summed E-state index contributed by atoms with van der Waals surface area (Å²) in [5.41, 5.74) is 2.18. The number of benzene rings is 1. The van der Waals surface area contributed by atoms with Crippen LogP contribution in [0.25, 0.3) is 0 Å². The second-order valence-corrected chi connectivity index (χ2v) is 6.36. The third kappa shape index (κ3) is 3.50. The smallest absolute Gasteiger partial charge is 0.0762 e. The van der Waals surface area contributed by atoms with Gasteiger partial charge in [0.15, 0.2) is 0 Å². The van der Waals surface area contributed by atoms with E-state index in [9.17, 15) is 5.11 Å². The highest BCUT2D eigenvalue weighted by molar-refractivity contribution is 9.10. The lowest BCUT2D eigenvalue weighted by Gasteiger charge is -2.38. The summed E-state index contributed by atoms with van der Waals surface area (Å²) in [4.78, 5) is 4.92. The van der Waals surface area contributed by atoms with Gasteiger partial charge in [0.1, 0.15) is 0 Å². The zero-order valence-corrected chi connectivity index (χ0v) is 13.5. The van der Waals surface area contributed by atoms with Gasteiger partial charge in [0.25, 0.3) is 0 Å². The summed E-state index contributed by atoms with van der Waals surface area (Å²) in [5.74, 6) is 0. The number of piperazine rings is 1. The van der Waals surface area contributed by atoms with Gasteiger partial charge in [0.05, 0.1) is 11.8 Å². The normalized spacial score (nSPS) is 18.9. The van der Waals surface area contributed by atoms with Crippen LogP contribution in [0.5, 0.6) is 0 Å². The van der Waals surface area contributed by atoms with Gasteiger partial charge in [0, 0.05) is 36.7 Å². The van der Waals surface area contributed by atoms with Crippen molar-refractivity contribution in [2.45, 2.75) is 32.9 Å². The number of halogens is 1. The standard InChI is InChI=1S/C15H23BrN2O/c1-11(2)17-6-8-18(9-7-17)15-5-4-13(12(3)19)10-14(15)16/h4-5,10-12,19H,6-9H2,1-3H3/t12-/m1/s1. The van der Waals surface area contributed by atoms with Gasteiger partial charge in [-0.15, -0.1) is 0 Å². The number of aliphatic hydroxyl groups is 1. The molecular weight excluding hydrogens is 304 g/mol. The van der Waals surface area contributed by atoms with Gasteiger partial charge in [-0.25, -0.2) is 0 Å². The summed E-state index contributed by atoms with van der Waals surface area (Å²) in [5, 5.41) is 9.60. The molecule has 1 aliphatic rings. The van der Waals surface area contributed by atoms with E-state index >= 15 is 0 Å². The minimum atomic E-state index is -0.414. The Bertz CT molecular complexity index is 426. The SMILES string of the molecule is CC(C)N1CCN(c2ccc([C@@H](C)O)cc2Br)CC1. The molecule has 0 saturated carbocycles. The minimum absolute atomic E-state index is 0.414. The lowest BCUT2D eigenvalue weighted by molar-refractivity contribution is 0.199. The maximum absolute atomic E-state index is 9.60. The first kappa shape index (κ1) is 14.8. The number of aliphatic hydroxyl groups excluding tert-OH is 1. The summed E-state index contributed by atoms with van der Waals surface area (Å²) in [6.45, 7) is 10.6. The average Bonchev–Trinajstić information content (AvgIpc) is 2.38. The summed E-state index contributed by atoms with van der Waals surface area (Å²) >= 11 is 3.63. The molecule has 2 rings (SSSR count). The van der Waals surface area contributed by atoms with E-state index in [-0.39, 0.29) is 0 Å². The van der Waals surface area contributed by atoms with Crippen LogP contribution in [-0.2, 0) is 0 Å². The monoisotopic (exact) mass is 326 g/mol. The first-order chi connectivity index (χ1) is 8.99. The number of hydrogen-bond donors (Lipinski definition) is 1. The average molecular weight is 327 g/mol. The van der Waals surface area contributed by atoms with E-state index in [0.717, 1.165) is 36.2 Å².